The van der Waals surface area contributed by atoms with E-state index in [0.717, 1.165) is 0 Å². The molecule has 0 radical (unpaired) electrons. The van der Waals surface area contributed by atoms with Crippen molar-refractivity contribution in [1.82, 2.24) is 0 Å². The molecule has 0 aromatic carbocycles. The van der Waals surface area contributed by atoms with E-state index >= 15 is 0 Å². The number of carbonyl (C=O) groups is 1. The van der Waals surface area contributed by atoms with Crippen molar-refractivity contribution in [2.45, 2.75) is 13.3 Å². The standard InChI is InChI=1S/C7H13NO3/c1-3-4-6(8)7(9)11-5-10-2/h4H,3,5,8H2,1-2H3/b6-4-. The van der Waals surface area contributed by atoms with Crippen molar-refractivity contribution < 1.29 is 14.3 Å². The number of ether oxygens (including phenoxy) is 2. The zero-order chi connectivity index (χ0) is 8.69. The normalized spacial score (nSPS) is 11.3. The minimum atomic E-state index is -0.534. The van der Waals surface area contributed by atoms with Crippen LogP contribution in [0.3, 0.4) is 0 Å². The maximum absolute atomic E-state index is 10.8. The first-order valence-corrected chi connectivity index (χ1v) is 3.34. The Hall–Kier alpha value is -1.03. The zero-order valence-electron chi connectivity index (χ0n) is 6.79. The van der Waals surface area contributed by atoms with Crippen LogP contribution in [0.1, 0.15) is 13.3 Å². The predicted molar refractivity (Wildman–Crippen MR) is 40.5 cm³/mol. The van der Waals surface area contributed by atoms with Gasteiger partial charge in [-0.2, -0.15) is 0 Å². The molecule has 0 aliphatic heterocycles. The van der Waals surface area contributed by atoms with Gasteiger partial charge < -0.3 is 15.2 Å². The van der Waals surface area contributed by atoms with Crippen LogP contribution in [0.15, 0.2) is 11.8 Å². The van der Waals surface area contributed by atoms with Crippen LogP contribution in [-0.4, -0.2) is 19.9 Å². The average Bonchev–Trinajstić information content (AvgIpc) is 2.00. The molecule has 0 saturated carbocycles. The predicted octanol–water partition coefficient (Wildman–Crippen LogP) is 0.386. The molecule has 0 fully saturated rings. The molecule has 0 aromatic heterocycles. The van der Waals surface area contributed by atoms with E-state index in [9.17, 15) is 4.79 Å². The van der Waals surface area contributed by atoms with Gasteiger partial charge in [-0.3, -0.25) is 0 Å². The van der Waals surface area contributed by atoms with Crippen LogP contribution in [0.25, 0.3) is 0 Å². The van der Waals surface area contributed by atoms with Gasteiger partial charge in [0, 0.05) is 7.11 Å². The second kappa shape index (κ2) is 5.73. The van der Waals surface area contributed by atoms with Crippen molar-refractivity contribution in [1.29, 1.82) is 0 Å². The first-order valence-electron chi connectivity index (χ1n) is 3.34. The summed E-state index contributed by atoms with van der Waals surface area (Å²) in [5.41, 5.74) is 5.43. The van der Waals surface area contributed by atoms with Crippen LogP contribution < -0.4 is 5.73 Å². The van der Waals surface area contributed by atoms with E-state index in [1.165, 1.54) is 7.11 Å². The number of hydrogen-bond acceptors (Lipinski definition) is 4. The van der Waals surface area contributed by atoms with Crippen molar-refractivity contribution in [3.8, 4) is 0 Å². The molecule has 0 aromatic rings. The lowest BCUT2D eigenvalue weighted by Crippen LogP contribution is -2.15. The van der Waals surface area contributed by atoms with Crippen molar-refractivity contribution in [3.63, 3.8) is 0 Å². The third-order valence-corrected chi connectivity index (χ3v) is 0.968. The third kappa shape index (κ3) is 4.38. The topological polar surface area (TPSA) is 61.6 Å². The highest BCUT2D eigenvalue weighted by Gasteiger charge is 2.03. The summed E-state index contributed by atoms with van der Waals surface area (Å²) < 4.78 is 9.07. The van der Waals surface area contributed by atoms with Crippen molar-refractivity contribution >= 4 is 5.97 Å². The second-order valence-electron chi connectivity index (χ2n) is 1.91. The molecule has 0 amide bonds. The van der Waals surface area contributed by atoms with Crippen LogP contribution in [0.4, 0.5) is 0 Å². The maximum atomic E-state index is 10.8. The molecule has 11 heavy (non-hydrogen) atoms. The molecule has 0 heterocycles. The number of esters is 1. The van der Waals surface area contributed by atoms with Gasteiger partial charge in [-0.05, 0) is 6.42 Å². The largest absolute Gasteiger partial charge is 0.434 e. The van der Waals surface area contributed by atoms with Gasteiger partial charge >= 0.3 is 5.97 Å². The van der Waals surface area contributed by atoms with Crippen LogP contribution >= 0.6 is 0 Å². The summed E-state index contributed by atoms with van der Waals surface area (Å²) in [6.45, 7) is 1.83. The molecule has 0 atom stereocenters. The summed E-state index contributed by atoms with van der Waals surface area (Å²) in [4.78, 5) is 10.8. The molecule has 4 heteroatoms. The van der Waals surface area contributed by atoms with Gasteiger partial charge in [0.2, 0.25) is 0 Å². The van der Waals surface area contributed by atoms with Crippen LogP contribution in [-0.2, 0) is 14.3 Å². The first kappa shape index (κ1) is 9.97. The lowest BCUT2D eigenvalue weighted by atomic mass is 10.3. The molecule has 0 aliphatic carbocycles. The minimum Gasteiger partial charge on any atom is -0.434 e. The van der Waals surface area contributed by atoms with Crippen molar-refractivity contribution in [2.75, 3.05) is 13.9 Å². The Morgan fingerprint density at radius 3 is 2.73 bits per heavy atom. The SMILES string of the molecule is CC/C=C(\N)C(=O)OCOC. The molecule has 64 valence electrons. The second-order valence-corrected chi connectivity index (χ2v) is 1.91. The summed E-state index contributed by atoms with van der Waals surface area (Å²) in [7, 11) is 1.44. The molecule has 2 N–H and O–H groups in total. The van der Waals surface area contributed by atoms with E-state index in [-0.39, 0.29) is 12.5 Å². The summed E-state index contributed by atoms with van der Waals surface area (Å²) >= 11 is 0. The Balaban J connectivity index is 3.73. The highest BCUT2D eigenvalue weighted by atomic mass is 16.7. The third-order valence-electron chi connectivity index (χ3n) is 0.968. The summed E-state index contributed by atoms with van der Waals surface area (Å²) in [6, 6.07) is 0. The monoisotopic (exact) mass is 159 g/mol. The van der Waals surface area contributed by atoms with E-state index in [0.29, 0.717) is 6.42 Å². The fraction of sp³-hybridized carbons (Fsp3) is 0.571. The van der Waals surface area contributed by atoms with Crippen LogP contribution in [0, 0.1) is 0 Å². The van der Waals surface area contributed by atoms with Gasteiger partial charge in [0.1, 0.15) is 5.70 Å². The quantitative estimate of drug-likeness (QED) is 0.366. The van der Waals surface area contributed by atoms with E-state index in [1.807, 2.05) is 6.92 Å². The number of methoxy groups -OCH3 is 1. The Morgan fingerprint density at radius 2 is 2.27 bits per heavy atom. The average molecular weight is 159 g/mol. The fourth-order valence-corrected chi connectivity index (χ4v) is 0.499. The molecule has 0 aliphatic rings. The van der Waals surface area contributed by atoms with Crippen LogP contribution in [0.5, 0.6) is 0 Å². The zero-order valence-corrected chi connectivity index (χ0v) is 6.79. The van der Waals surface area contributed by atoms with Gasteiger partial charge in [0.15, 0.2) is 6.79 Å². The lowest BCUT2D eigenvalue weighted by Gasteiger charge is -2.01. The molecule has 0 rings (SSSR count). The van der Waals surface area contributed by atoms with Gasteiger partial charge in [0.25, 0.3) is 0 Å². The molecule has 0 saturated heterocycles. The smallest absolute Gasteiger partial charge is 0.355 e. The van der Waals surface area contributed by atoms with E-state index in [1.54, 1.807) is 6.08 Å². The highest BCUT2D eigenvalue weighted by Crippen LogP contribution is 1.91. The highest BCUT2D eigenvalue weighted by molar-refractivity contribution is 5.87. The minimum absolute atomic E-state index is 0.0584. The maximum Gasteiger partial charge on any atom is 0.355 e. The molecule has 0 bridgehead atoms. The number of hydrogen-bond donors (Lipinski definition) is 1. The van der Waals surface area contributed by atoms with Gasteiger partial charge in [0.05, 0.1) is 0 Å². The fourth-order valence-electron chi connectivity index (χ4n) is 0.499. The lowest BCUT2D eigenvalue weighted by molar-refractivity contribution is -0.149. The van der Waals surface area contributed by atoms with E-state index < -0.39 is 5.97 Å². The Bertz CT molecular complexity index is 154. The number of nitrogens with two attached hydrogens (primary N) is 1. The van der Waals surface area contributed by atoms with Gasteiger partial charge in [-0.1, -0.05) is 13.0 Å². The summed E-state index contributed by atoms with van der Waals surface area (Å²) in [5, 5.41) is 0. The van der Waals surface area contributed by atoms with Gasteiger partial charge in [-0.25, -0.2) is 4.79 Å². The first-order chi connectivity index (χ1) is 5.22. The number of rotatable bonds is 4. The summed E-state index contributed by atoms with van der Waals surface area (Å²) in [5.74, 6) is -0.534. The van der Waals surface area contributed by atoms with E-state index in [2.05, 4.69) is 9.47 Å². The number of carbonyl (C=O) groups excluding carboxylic acids is 1. The Labute approximate surface area is 66.0 Å². The van der Waals surface area contributed by atoms with Gasteiger partial charge in [-0.15, -0.1) is 0 Å². The Kier molecular flexibility index (Phi) is 5.20. The molecule has 0 spiro atoms. The van der Waals surface area contributed by atoms with Crippen molar-refractivity contribution in [2.24, 2.45) is 5.73 Å². The molecule has 4 nitrogen and oxygen atoms in total. The summed E-state index contributed by atoms with van der Waals surface area (Å²) in [6.07, 6.45) is 2.31. The Morgan fingerprint density at radius 1 is 1.64 bits per heavy atom. The van der Waals surface area contributed by atoms with Crippen LogP contribution in [0.2, 0.25) is 0 Å². The molecule has 0 unspecified atom stereocenters. The molecular formula is C7H13NO3. The van der Waals surface area contributed by atoms with E-state index in [4.69, 9.17) is 5.73 Å². The number of allylic oxidation sites excluding steroid dienone is 1. The van der Waals surface area contributed by atoms with Crippen molar-refractivity contribution in [3.05, 3.63) is 11.8 Å². The molecular weight excluding hydrogens is 146 g/mol.